The molecule has 2 aromatic carbocycles. The van der Waals surface area contributed by atoms with Crippen LogP contribution in [-0.4, -0.2) is 12.5 Å². The Morgan fingerprint density at radius 3 is 2.62 bits per heavy atom. The molecule has 0 bridgehead atoms. The van der Waals surface area contributed by atoms with Crippen molar-refractivity contribution in [2.75, 3.05) is 11.4 Å². The van der Waals surface area contributed by atoms with Crippen LogP contribution in [0.25, 0.3) is 0 Å². The highest BCUT2D eigenvalue weighted by atomic mass is 19.1. The normalized spacial score (nSPS) is 16.9. The van der Waals surface area contributed by atoms with Crippen LogP contribution in [0.4, 0.5) is 10.1 Å². The van der Waals surface area contributed by atoms with E-state index < -0.39 is 0 Å². The van der Waals surface area contributed by atoms with Crippen molar-refractivity contribution in [1.82, 2.24) is 0 Å². The van der Waals surface area contributed by atoms with E-state index in [0.717, 1.165) is 23.2 Å². The Morgan fingerprint density at radius 1 is 1.24 bits per heavy atom. The number of carbonyl (C=O) groups excluding carboxylic acids is 1. The molecule has 0 N–H and O–H groups in total. The lowest BCUT2D eigenvalue weighted by Crippen LogP contribution is -2.29. The first-order valence-corrected chi connectivity index (χ1v) is 7.28. The summed E-state index contributed by atoms with van der Waals surface area (Å²) in [5, 5.41) is 0. The lowest BCUT2D eigenvalue weighted by atomic mass is 9.99. The molecule has 1 amide bonds. The van der Waals surface area contributed by atoms with Crippen LogP contribution in [-0.2, 0) is 0 Å². The predicted octanol–water partition coefficient (Wildman–Crippen LogP) is 4.29. The minimum Gasteiger partial charge on any atom is -0.307 e. The first kappa shape index (κ1) is 13.8. The van der Waals surface area contributed by atoms with Crippen molar-refractivity contribution >= 4 is 11.6 Å². The highest BCUT2D eigenvalue weighted by Gasteiger charge is 2.32. The van der Waals surface area contributed by atoms with E-state index in [-0.39, 0.29) is 17.6 Å². The number of benzene rings is 2. The lowest BCUT2D eigenvalue weighted by Gasteiger charge is -2.18. The summed E-state index contributed by atoms with van der Waals surface area (Å²) in [6.07, 6.45) is 0.897. The number of fused-ring (bicyclic) bond motifs is 1. The smallest absolute Gasteiger partial charge is 0.258 e. The van der Waals surface area contributed by atoms with E-state index in [0.29, 0.717) is 12.1 Å². The van der Waals surface area contributed by atoms with Gasteiger partial charge in [0.15, 0.2) is 0 Å². The number of rotatable bonds is 2. The number of amides is 1. The van der Waals surface area contributed by atoms with Crippen molar-refractivity contribution in [2.45, 2.75) is 26.2 Å². The van der Waals surface area contributed by atoms with Gasteiger partial charge >= 0.3 is 0 Å². The minimum absolute atomic E-state index is 0.0150. The molecule has 21 heavy (non-hydrogen) atoms. The van der Waals surface area contributed by atoms with Crippen molar-refractivity contribution in [3.05, 3.63) is 65.0 Å². The molecule has 0 saturated carbocycles. The summed E-state index contributed by atoms with van der Waals surface area (Å²) in [5.41, 5.74) is 3.58. The highest BCUT2D eigenvalue weighted by molar-refractivity contribution is 6.07. The number of aryl methyl sites for hydroxylation is 1. The summed E-state index contributed by atoms with van der Waals surface area (Å²) in [7, 11) is 0. The van der Waals surface area contributed by atoms with Crippen LogP contribution < -0.4 is 4.90 Å². The molecule has 1 heterocycles. The number of anilines is 1. The van der Waals surface area contributed by atoms with Gasteiger partial charge in [-0.1, -0.05) is 24.6 Å². The molecule has 2 nitrogen and oxygen atoms in total. The molecular formula is C18H18FNO. The largest absolute Gasteiger partial charge is 0.307 e. The molecule has 3 rings (SSSR count). The topological polar surface area (TPSA) is 20.3 Å². The molecule has 1 unspecified atom stereocenters. The monoisotopic (exact) mass is 283 g/mol. The lowest BCUT2D eigenvalue weighted by molar-refractivity contribution is 0.0988. The Morgan fingerprint density at radius 2 is 1.95 bits per heavy atom. The summed E-state index contributed by atoms with van der Waals surface area (Å²) in [6, 6.07) is 12.3. The fourth-order valence-corrected chi connectivity index (χ4v) is 2.91. The van der Waals surface area contributed by atoms with Gasteiger partial charge in [-0.2, -0.15) is 0 Å². The van der Waals surface area contributed by atoms with Crippen LogP contribution in [0.15, 0.2) is 42.5 Å². The van der Waals surface area contributed by atoms with Gasteiger partial charge in [-0.3, -0.25) is 4.79 Å². The van der Waals surface area contributed by atoms with Gasteiger partial charge in [-0.25, -0.2) is 4.39 Å². The maximum absolute atomic E-state index is 13.5. The molecule has 1 atom stereocenters. The Kier molecular flexibility index (Phi) is 3.50. The third kappa shape index (κ3) is 2.44. The maximum atomic E-state index is 13.5. The van der Waals surface area contributed by atoms with Gasteiger partial charge in [0.05, 0.1) is 0 Å². The predicted molar refractivity (Wildman–Crippen MR) is 82.3 cm³/mol. The zero-order chi connectivity index (χ0) is 15.0. The van der Waals surface area contributed by atoms with E-state index in [1.165, 1.54) is 6.07 Å². The van der Waals surface area contributed by atoms with Gasteiger partial charge < -0.3 is 4.90 Å². The molecule has 0 radical (unpaired) electrons. The number of hydrogen-bond donors (Lipinski definition) is 0. The number of carbonyl (C=O) groups is 1. The maximum Gasteiger partial charge on any atom is 0.258 e. The highest BCUT2D eigenvalue weighted by Crippen LogP contribution is 2.39. The van der Waals surface area contributed by atoms with Gasteiger partial charge in [0, 0.05) is 23.7 Å². The third-order valence-electron chi connectivity index (χ3n) is 4.16. The van der Waals surface area contributed by atoms with Gasteiger partial charge in [0.25, 0.3) is 5.91 Å². The van der Waals surface area contributed by atoms with Gasteiger partial charge in [-0.05, 0) is 49.2 Å². The van der Waals surface area contributed by atoms with E-state index in [9.17, 15) is 9.18 Å². The molecule has 2 aromatic rings. The van der Waals surface area contributed by atoms with Crippen molar-refractivity contribution in [2.24, 2.45) is 0 Å². The molecule has 0 saturated heterocycles. The van der Waals surface area contributed by atoms with Crippen LogP contribution in [0.1, 0.15) is 40.7 Å². The molecule has 1 aliphatic rings. The third-order valence-corrected chi connectivity index (χ3v) is 4.16. The molecule has 0 aliphatic carbocycles. The average Bonchev–Trinajstić information content (AvgIpc) is 2.85. The first-order valence-electron chi connectivity index (χ1n) is 7.28. The Hall–Kier alpha value is -2.16. The van der Waals surface area contributed by atoms with Crippen molar-refractivity contribution in [3.63, 3.8) is 0 Å². The second kappa shape index (κ2) is 5.32. The summed E-state index contributed by atoms with van der Waals surface area (Å²) in [6.45, 7) is 4.69. The molecule has 0 spiro atoms. The van der Waals surface area contributed by atoms with Crippen LogP contribution in [0.3, 0.4) is 0 Å². The van der Waals surface area contributed by atoms with E-state index in [1.807, 2.05) is 31.2 Å². The molecule has 3 heteroatoms. The second-order valence-corrected chi connectivity index (χ2v) is 5.59. The summed E-state index contributed by atoms with van der Waals surface area (Å²) in [4.78, 5) is 14.5. The van der Waals surface area contributed by atoms with Gasteiger partial charge in [0.1, 0.15) is 5.82 Å². The molecule has 1 aliphatic heterocycles. The summed E-state index contributed by atoms with van der Waals surface area (Å²) in [5.74, 6) is -0.0410. The van der Waals surface area contributed by atoms with Crippen LogP contribution in [0, 0.1) is 12.7 Å². The van der Waals surface area contributed by atoms with Gasteiger partial charge in [0.2, 0.25) is 0 Å². The molecular weight excluding hydrogens is 265 g/mol. The van der Waals surface area contributed by atoms with E-state index in [1.54, 1.807) is 17.0 Å². The summed E-state index contributed by atoms with van der Waals surface area (Å²) < 4.78 is 13.5. The van der Waals surface area contributed by atoms with Crippen LogP contribution in [0.5, 0.6) is 0 Å². The molecule has 0 aromatic heterocycles. The van der Waals surface area contributed by atoms with Crippen molar-refractivity contribution in [1.29, 1.82) is 0 Å². The minimum atomic E-state index is -0.239. The first-order chi connectivity index (χ1) is 10.1. The van der Waals surface area contributed by atoms with Crippen molar-refractivity contribution < 1.29 is 9.18 Å². The fraction of sp³-hybridized carbons (Fsp3) is 0.278. The van der Waals surface area contributed by atoms with Crippen molar-refractivity contribution in [3.8, 4) is 0 Å². The fourth-order valence-electron chi connectivity index (χ4n) is 2.91. The Bertz CT molecular complexity index is 678. The summed E-state index contributed by atoms with van der Waals surface area (Å²) >= 11 is 0. The second-order valence-electron chi connectivity index (χ2n) is 5.59. The van der Waals surface area contributed by atoms with Crippen LogP contribution >= 0.6 is 0 Å². The number of nitrogens with zero attached hydrogens (tertiary/aromatic N) is 1. The molecule has 108 valence electrons. The van der Waals surface area contributed by atoms with E-state index in [2.05, 4.69) is 6.92 Å². The SMILES string of the molecule is CCC1CN(C(=O)c2ccc(C)cc2)c2ccc(F)cc21. The number of hydrogen-bond acceptors (Lipinski definition) is 1. The molecule has 0 fully saturated rings. The van der Waals surface area contributed by atoms with Crippen LogP contribution in [0.2, 0.25) is 0 Å². The Balaban J connectivity index is 1.97. The zero-order valence-corrected chi connectivity index (χ0v) is 12.3. The van der Waals surface area contributed by atoms with E-state index in [4.69, 9.17) is 0 Å². The average molecular weight is 283 g/mol. The standard InChI is InChI=1S/C18H18FNO/c1-3-13-11-20(17-9-8-15(19)10-16(13)17)18(21)14-6-4-12(2)5-7-14/h4-10,13H,3,11H2,1-2H3. The zero-order valence-electron chi connectivity index (χ0n) is 12.3. The van der Waals surface area contributed by atoms with Gasteiger partial charge in [-0.15, -0.1) is 0 Å². The Labute approximate surface area is 124 Å². The van der Waals surface area contributed by atoms with E-state index >= 15 is 0 Å². The quantitative estimate of drug-likeness (QED) is 0.805. The number of halogens is 1.